The third kappa shape index (κ3) is 6.46. The Hall–Kier alpha value is -3.23. The van der Waals surface area contributed by atoms with Crippen LogP contribution in [0.25, 0.3) is 0 Å². The molecule has 1 atom stereocenters. The third-order valence-corrected chi connectivity index (χ3v) is 6.62. The number of carbonyl (C=O) groups excluding carboxylic acids is 3. The Bertz CT molecular complexity index is 1030. The maximum atomic E-state index is 13.0. The van der Waals surface area contributed by atoms with Crippen molar-refractivity contribution in [3.05, 3.63) is 59.7 Å². The zero-order chi connectivity index (χ0) is 24.6. The van der Waals surface area contributed by atoms with Crippen molar-refractivity contribution in [2.24, 2.45) is 5.92 Å². The van der Waals surface area contributed by atoms with Crippen LogP contribution in [-0.4, -0.2) is 68.6 Å². The molecular weight excluding hydrogens is 444 g/mol. The van der Waals surface area contributed by atoms with Crippen LogP contribution in [0, 0.1) is 5.92 Å². The number of rotatable bonds is 9. The van der Waals surface area contributed by atoms with E-state index in [0.29, 0.717) is 24.3 Å². The fraction of sp³-hybridized carbons (Fsp3) is 0.444. The van der Waals surface area contributed by atoms with Crippen molar-refractivity contribution in [2.75, 3.05) is 56.2 Å². The average Bonchev–Trinajstić information content (AvgIpc) is 3.29. The molecule has 0 aliphatic carbocycles. The molecule has 2 aromatic carbocycles. The van der Waals surface area contributed by atoms with Crippen LogP contribution in [0.3, 0.4) is 0 Å². The second kappa shape index (κ2) is 12.0. The number of para-hydroxylation sites is 1. The summed E-state index contributed by atoms with van der Waals surface area (Å²) in [4.78, 5) is 42.4. The van der Waals surface area contributed by atoms with Gasteiger partial charge in [0.2, 0.25) is 11.8 Å². The standard InChI is InChI=1S/C27H34N4O4/c1-2-20-8-10-22(11-9-20)31-19-21(18-25(31)32)26(33)29-24-7-4-3-6-23(24)27(34)28-12-5-13-30-14-16-35-17-15-30/h3-4,6-11,21H,2,5,12-19H2,1H3,(H,28,34)(H,29,33)/t21-/m1/s1. The van der Waals surface area contributed by atoms with Crippen molar-refractivity contribution in [1.82, 2.24) is 10.2 Å². The summed E-state index contributed by atoms with van der Waals surface area (Å²) >= 11 is 0. The van der Waals surface area contributed by atoms with Gasteiger partial charge in [0.1, 0.15) is 0 Å². The number of carbonyl (C=O) groups is 3. The van der Waals surface area contributed by atoms with Gasteiger partial charge in [0.05, 0.1) is 30.4 Å². The van der Waals surface area contributed by atoms with Crippen LogP contribution in [0.1, 0.15) is 35.7 Å². The van der Waals surface area contributed by atoms with Crippen molar-refractivity contribution in [1.29, 1.82) is 0 Å². The predicted molar refractivity (Wildman–Crippen MR) is 136 cm³/mol. The lowest BCUT2D eigenvalue weighted by Crippen LogP contribution is -2.38. The minimum absolute atomic E-state index is 0.0688. The molecule has 2 heterocycles. The minimum Gasteiger partial charge on any atom is -0.379 e. The highest BCUT2D eigenvalue weighted by molar-refractivity contribution is 6.07. The maximum Gasteiger partial charge on any atom is 0.253 e. The van der Waals surface area contributed by atoms with Crippen LogP contribution < -0.4 is 15.5 Å². The number of morpholine rings is 1. The van der Waals surface area contributed by atoms with Gasteiger partial charge in [-0.3, -0.25) is 19.3 Å². The number of nitrogens with one attached hydrogen (secondary N) is 2. The molecule has 2 saturated heterocycles. The molecule has 0 bridgehead atoms. The van der Waals surface area contributed by atoms with Crippen molar-refractivity contribution >= 4 is 29.1 Å². The predicted octanol–water partition coefficient (Wildman–Crippen LogP) is 2.69. The highest BCUT2D eigenvalue weighted by Gasteiger charge is 2.35. The Labute approximate surface area is 206 Å². The molecule has 0 spiro atoms. The molecule has 8 heteroatoms. The van der Waals surface area contributed by atoms with Gasteiger partial charge >= 0.3 is 0 Å². The van der Waals surface area contributed by atoms with Crippen LogP contribution in [-0.2, 0) is 20.7 Å². The molecule has 2 fully saturated rings. The SMILES string of the molecule is CCc1ccc(N2C[C@H](C(=O)Nc3ccccc3C(=O)NCCCN3CCOCC3)CC2=O)cc1. The Morgan fingerprint density at radius 3 is 2.54 bits per heavy atom. The van der Waals surface area contributed by atoms with Gasteiger partial charge in [0.15, 0.2) is 0 Å². The molecule has 3 amide bonds. The highest BCUT2D eigenvalue weighted by Crippen LogP contribution is 2.27. The summed E-state index contributed by atoms with van der Waals surface area (Å²) in [6.07, 6.45) is 1.93. The monoisotopic (exact) mass is 478 g/mol. The van der Waals surface area contributed by atoms with Crippen LogP contribution >= 0.6 is 0 Å². The van der Waals surface area contributed by atoms with E-state index in [1.165, 1.54) is 5.56 Å². The Kier molecular flexibility index (Phi) is 8.50. The number of nitrogens with zero attached hydrogens (tertiary/aromatic N) is 2. The van der Waals surface area contributed by atoms with E-state index < -0.39 is 5.92 Å². The second-order valence-corrected chi connectivity index (χ2v) is 9.02. The van der Waals surface area contributed by atoms with Gasteiger partial charge in [-0.05, 0) is 49.2 Å². The molecule has 0 saturated carbocycles. The van der Waals surface area contributed by atoms with Crippen LogP contribution in [0.5, 0.6) is 0 Å². The van der Waals surface area contributed by atoms with E-state index in [1.54, 1.807) is 29.2 Å². The van der Waals surface area contributed by atoms with Crippen LogP contribution in [0.15, 0.2) is 48.5 Å². The highest BCUT2D eigenvalue weighted by atomic mass is 16.5. The number of amides is 3. The number of anilines is 2. The van der Waals surface area contributed by atoms with Gasteiger partial charge in [-0.2, -0.15) is 0 Å². The largest absolute Gasteiger partial charge is 0.379 e. The number of ether oxygens (including phenoxy) is 1. The molecule has 0 unspecified atom stereocenters. The first-order valence-electron chi connectivity index (χ1n) is 12.4. The first-order valence-corrected chi connectivity index (χ1v) is 12.4. The molecule has 2 aliphatic rings. The quantitative estimate of drug-likeness (QED) is 0.541. The van der Waals surface area contributed by atoms with E-state index in [2.05, 4.69) is 22.5 Å². The lowest BCUT2D eigenvalue weighted by molar-refractivity contribution is -0.122. The van der Waals surface area contributed by atoms with Gasteiger partial charge in [0.25, 0.3) is 5.91 Å². The van der Waals surface area contributed by atoms with E-state index in [0.717, 1.165) is 51.4 Å². The lowest BCUT2D eigenvalue weighted by Gasteiger charge is -2.26. The summed E-state index contributed by atoms with van der Waals surface area (Å²) in [7, 11) is 0. The maximum absolute atomic E-state index is 13.0. The van der Waals surface area contributed by atoms with E-state index in [9.17, 15) is 14.4 Å². The van der Waals surface area contributed by atoms with Crippen molar-refractivity contribution < 1.29 is 19.1 Å². The molecule has 8 nitrogen and oxygen atoms in total. The summed E-state index contributed by atoms with van der Waals surface area (Å²) in [6, 6.07) is 14.8. The van der Waals surface area contributed by atoms with E-state index in [-0.39, 0.29) is 24.1 Å². The molecular formula is C27H34N4O4. The zero-order valence-electron chi connectivity index (χ0n) is 20.3. The fourth-order valence-corrected chi connectivity index (χ4v) is 4.49. The van der Waals surface area contributed by atoms with Crippen LogP contribution in [0.2, 0.25) is 0 Å². The molecule has 0 aromatic heterocycles. The Morgan fingerprint density at radius 1 is 1.06 bits per heavy atom. The van der Waals surface area contributed by atoms with Crippen molar-refractivity contribution in [3.63, 3.8) is 0 Å². The molecule has 186 valence electrons. The van der Waals surface area contributed by atoms with Gasteiger partial charge in [0, 0.05) is 38.3 Å². The summed E-state index contributed by atoms with van der Waals surface area (Å²) in [6.45, 7) is 7.24. The molecule has 35 heavy (non-hydrogen) atoms. The third-order valence-electron chi connectivity index (χ3n) is 6.62. The summed E-state index contributed by atoms with van der Waals surface area (Å²) in [5, 5.41) is 5.84. The van der Waals surface area contributed by atoms with Gasteiger partial charge in [-0.1, -0.05) is 31.2 Å². The second-order valence-electron chi connectivity index (χ2n) is 9.02. The molecule has 2 aliphatic heterocycles. The molecule has 2 N–H and O–H groups in total. The molecule has 4 rings (SSSR count). The Balaban J connectivity index is 1.31. The molecule has 2 aromatic rings. The summed E-state index contributed by atoms with van der Waals surface area (Å²) in [5.41, 5.74) is 2.88. The summed E-state index contributed by atoms with van der Waals surface area (Å²) < 4.78 is 5.36. The molecule has 0 radical (unpaired) electrons. The van der Waals surface area contributed by atoms with E-state index in [1.807, 2.05) is 24.3 Å². The van der Waals surface area contributed by atoms with E-state index in [4.69, 9.17) is 4.74 Å². The summed E-state index contributed by atoms with van der Waals surface area (Å²) in [5.74, 6) is -1.01. The van der Waals surface area contributed by atoms with Crippen LogP contribution in [0.4, 0.5) is 11.4 Å². The number of benzene rings is 2. The fourth-order valence-electron chi connectivity index (χ4n) is 4.49. The normalized spacial score (nSPS) is 18.5. The van der Waals surface area contributed by atoms with Crippen molar-refractivity contribution in [3.8, 4) is 0 Å². The van der Waals surface area contributed by atoms with Gasteiger partial charge < -0.3 is 20.3 Å². The average molecular weight is 479 g/mol. The number of hydrogen-bond acceptors (Lipinski definition) is 5. The Morgan fingerprint density at radius 2 is 1.80 bits per heavy atom. The smallest absolute Gasteiger partial charge is 0.253 e. The van der Waals surface area contributed by atoms with Gasteiger partial charge in [-0.15, -0.1) is 0 Å². The first-order chi connectivity index (χ1) is 17.0. The number of hydrogen-bond donors (Lipinski definition) is 2. The van der Waals surface area contributed by atoms with Gasteiger partial charge in [-0.25, -0.2) is 0 Å². The van der Waals surface area contributed by atoms with Crippen molar-refractivity contribution in [2.45, 2.75) is 26.2 Å². The minimum atomic E-state index is -0.474. The number of aryl methyl sites for hydroxylation is 1. The van der Waals surface area contributed by atoms with E-state index >= 15 is 0 Å². The first kappa shape index (κ1) is 24.9. The lowest BCUT2D eigenvalue weighted by atomic mass is 10.1. The zero-order valence-corrected chi connectivity index (χ0v) is 20.3. The topological polar surface area (TPSA) is 91.0 Å².